The molecule has 10 nitrogen and oxygen atoms in total. The smallest absolute Gasteiger partial charge is 0.207 e. The number of hydrogen-bond acceptors (Lipinski definition) is 12. The average Bonchev–Trinajstić information content (AvgIpc) is 3.22. The molecule has 0 radical (unpaired) electrons. The van der Waals surface area contributed by atoms with E-state index in [0.717, 1.165) is 66.3 Å². The van der Waals surface area contributed by atoms with Crippen molar-refractivity contribution in [1.29, 1.82) is 0 Å². The second-order valence-corrected chi connectivity index (χ2v) is 18.8. The first-order valence-electron chi connectivity index (χ1n) is 19.6. The van der Waals surface area contributed by atoms with E-state index in [1.165, 1.54) is 7.11 Å². The molecule has 9 atom stereocenters. The summed E-state index contributed by atoms with van der Waals surface area (Å²) in [6.45, 7) is 4.11. The number of rotatable bonds is 10. The maximum Gasteiger partial charge on any atom is 0.207 e. The number of methoxy groups -OCH3 is 1. The Bertz CT molecular complexity index is 1930. The zero-order valence-electron chi connectivity index (χ0n) is 31.5. The lowest BCUT2D eigenvalue weighted by molar-refractivity contribution is -0.00431. The number of aliphatic hydroxyl groups is 3. The summed E-state index contributed by atoms with van der Waals surface area (Å²) in [4.78, 5) is 0. The molecular weight excluding hydrogens is 741 g/mol. The highest BCUT2D eigenvalue weighted by Crippen LogP contribution is 2.64. The van der Waals surface area contributed by atoms with Crippen molar-refractivity contribution in [2.45, 2.75) is 92.8 Å². The minimum Gasteiger partial charge on any atom is -0.508 e. The summed E-state index contributed by atoms with van der Waals surface area (Å²) in [5.74, 6) is 0.463. The second-order valence-electron chi connectivity index (χ2n) is 16.1. The standard InChI is InChI=1S/C43H52O10S2/c1-21(2)11-13-51-33-18-29(39(47)43(50-3)40(33)48)42-41(49)38-34-10-7-23(22-5-4-6-25(15-22)54-55-34)16-27-28-17-24(46)8-9-26(28)35-31(52-14-12-44)19-32(53-42)37(38)36(35)30(27)20-45/h4,6,8-9,17-19,21-23,25,27,30,34,38,41-42,44-49H,5,7,10-16,20H2,1-3H3. The molecule has 2 aliphatic heterocycles. The maximum atomic E-state index is 12.9. The van der Waals surface area contributed by atoms with Crippen molar-refractivity contribution in [3.63, 3.8) is 0 Å². The fraction of sp³-hybridized carbons (Fsp3) is 0.535. The lowest BCUT2D eigenvalue weighted by atomic mass is 9.62. The van der Waals surface area contributed by atoms with E-state index < -0.39 is 24.0 Å². The monoisotopic (exact) mass is 792 g/mol. The van der Waals surface area contributed by atoms with Crippen LogP contribution in [0.5, 0.6) is 40.2 Å². The number of phenols is 3. The van der Waals surface area contributed by atoms with E-state index in [4.69, 9.17) is 18.9 Å². The van der Waals surface area contributed by atoms with Crippen LogP contribution in [-0.4, -0.2) is 80.8 Å². The number of allylic oxidation sites excluding steroid dienone is 1. The highest BCUT2D eigenvalue weighted by molar-refractivity contribution is 8.77. The first-order chi connectivity index (χ1) is 26.6. The fourth-order valence-corrected chi connectivity index (χ4v) is 13.2. The highest BCUT2D eigenvalue weighted by Gasteiger charge is 2.51. The summed E-state index contributed by atoms with van der Waals surface area (Å²) in [6.07, 6.45) is 7.75. The third-order valence-corrected chi connectivity index (χ3v) is 15.8. The Hall–Kier alpha value is -3.42. The summed E-state index contributed by atoms with van der Waals surface area (Å²) < 4.78 is 24.7. The molecule has 2 heterocycles. The Morgan fingerprint density at radius 2 is 1.71 bits per heavy atom. The molecule has 12 heteroatoms. The zero-order valence-corrected chi connectivity index (χ0v) is 33.2. The lowest BCUT2D eigenvalue weighted by Gasteiger charge is -2.47. The average molecular weight is 793 g/mol. The van der Waals surface area contributed by atoms with Crippen molar-refractivity contribution in [3.05, 3.63) is 64.7 Å². The minimum absolute atomic E-state index is 0.0155. The van der Waals surface area contributed by atoms with Gasteiger partial charge in [0, 0.05) is 45.1 Å². The molecule has 3 aliphatic carbocycles. The van der Waals surface area contributed by atoms with Gasteiger partial charge >= 0.3 is 0 Å². The number of fused-ring (bicyclic) bond motifs is 11. The van der Waals surface area contributed by atoms with E-state index in [9.17, 15) is 30.6 Å². The molecule has 0 aromatic heterocycles. The number of aliphatic hydroxyl groups excluding tert-OH is 3. The maximum absolute atomic E-state index is 12.9. The van der Waals surface area contributed by atoms with Crippen LogP contribution in [-0.2, 0) is 0 Å². The van der Waals surface area contributed by atoms with Gasteiger partial charge < -0.3 is 49.6 Å². The van der Waals surface area contributed by atoms with Gasteiger partial charge in [0.1, 0.15) is 30.0 Å². The minimum atomic E-state index is -1.17. The Balaban J connectivity index is 1.38. The quantitative estimate of drug-likeness (QED) is 0.0872. The van der Waals surface area contributed by atoms with Crippen molar-refractivity contribution in [3.8, 4) is 51.4 Å². The first kappa shape index (κ1) is 38.5. The molecule has 6 bridgehead atoms. The third kappa shape index (κ3) is 6.89. The summed E-state index contributed by atoms with van der Waals surface area (Å²) in [5.41, 5.74) is 4.52. The van der Waals surface area contributed by atoms with Gasteiger partial charge in [0.15, 0.2) is 17.6 Å². The van der Waals surface area contributed by atoms with Crippen molar-refractivity contribution < 1.29 is 49.6 Å². The molecule has 3 aromatic carbocycles. The van der Waals surface area contributed by atoms with Gasteiger partial charge in [0.25, 0.3) is 0 Å². The topological polar surface area (TPSA) is 158 Å². The third-order valence-electron chi connectivity index (χ3n) is 12.5. The van der Waals surface area contributed by atoms with Gasteiger partial charge in [-0.05, 0) is 97.1 Å². The van der Waals surface area contributed by atoms with Gasteiger partial charge in [-0.25, -0.2) is 0 Å². The Morgan fingerprint density at radius 1 is 0.891 bits per heavy atom. The van der Waals surface area contributed by atoms with Crippen molar-refractivity contribution >= 4 is 21.6 Å². The molecule has 296 valence electrons. The molecule has 3 aromatic rings. The molecule has 0 saturated carbocycles. The molecule has 9 unspecified atom stereocenters. The van der Waals surface area contributed by atoms with Crippen LogP contribution in [0.1, 0.15) is 98.5 Å². The van der Waals surface area contributed by atoms with Crippen LogP contribution in [0.25, 0.3) is 11.1 Å². The number of aromatic hydroxyl groups is 3. The zero-order chi connectivity index (χ0) is 38.5. The van der Waals surface area contributed by atoms with Crippen LogP contribution < -0.4 is 18.9 Å². The molecule has 6 N–H and O–H groups in total. The Morgan fingerprint density at radius 3 is 2.47 bits per heavy atom. The van der Waals surface area contributed by atoms with E-state index in [0.29, 0.717) is 41.1 Å². The Kier molecular flexibility index (Phi) is 11.1. The van der Waals surface area contributed by atoms with E-state index in [2.05, 4.69) is 26.0 Å². The van der Waals surface area contributed by atoms with Crippen molar-refractivity contribution in [2.24, 2.45) is 17.8 Å². The van der Waals surface area contributed by atoms with E-state index in [1.807, 2.05) is 29.0 Å². The molecule has 0 spiro atoms. The lowest BCUT2D eigenvalue weighted by Crippen LogP contribution is -2.41. The van der Waals surface area contributed by atoms with Crippen LogP contribution >= 0.6 is 21.6 Å². The van der Waals surface area contributed by atoms with Crippen LogP contribution in [0.4, 0.5) is 0 Å². The van der Waals surface area contributed by atoms with E-state index in [1.54, 1.807) is 22.9 Å². The molecular formula is C43H52O10S2. The SMILES string of the molecule is COc1c(O)c(OCCC(C)C)cc(C2Oc3cc(OCCO)c4c5c3C(C3CCC(CC(c6cc(O)ccc6-4)C5CO)C4CC=CC(C4)SS3)C2O)c1O. The van der Waals surface area contributed by atoms with Gasteiger partial charge in [-0.2, -0.15) is 0 Å². The van der Waals surface area contributed by atoms with Crippen LogP contribution in [0.2, 0.25) is 0 Å². The van der Waals surface area contributed by atoms with E-state index in [-0.39, 0.29) is 65.3 Å². The summed E-state index contributed by atoms with van der Waals surface area (Å²) in [5, 5.41) is 68.3. The molecule has 1 saturated heterocycles. The fourth-order valence-electron chi connectivity index (χ4n) is 9.85. The number of phenolic OH excluding ortho intramolecular Hbond substituents is 3. The van der Waals surface area contributed by atoms with Gasteiger partial charge in [0.05, 0.1) is 26.9 Å². The van der Waals surface area contributed by atoms with Gasteiger partial charge in [-0.1, -0.05) is 53.7 Å². The van der Waals surface area contributed by atoms with Crippen molar-refractivity contribution in [1.82, 2.24) is 0 Å². The molecule has 1 fully saturated rings. The summed E-state index contributed by atoms with van der Waals surface area (Å²) >= 11 is 0. The summed E-state index contributed by atoms with van der Waals surface area (Å²) in [6, 6.07) is 8.78. The molecule has 55 heavy (non-hydrogen) atoms. The molecule has 8 rings (SSSR count). The molecule has 0 amide bonds. The summed E-state index contributed by atoms with van der Waals surface area (Å²) in [7, 11) is 5.02. The number of benzene rings is 3. The van der Waals surface area contributed by atoms with Crippen molar-refractivity contribution in [2.75, 3.05) is 33.5 Å². The van der Waals surface area contributed by atoms with Crippen LogP contribution in [0, 0.1) is 17.8 Å². The van der Waals surface area contributed by atoms with Crippen LogP contribution in [0.3, 0.4) is 0 Å². The largest absolute Gasteiger partial charge is 0.508 e. The predicted molar refractivity (Wildman–Crippen MR) is 214 cm³/mol. The normalized spacial score (nSPS) is 29.0. The van der Waals surface area contributed by atoms with E-state index >= 15 is 0 Å². The first-order valence-corrected chi connectivity index (χ1v) is 21.9. The number of hydrogen-bond donors (Lipinski definition) is 6. The van der Waals surface area contributed by atoms with Gasteiger partial charge in [0.2, 0.25) is 11.5 Å². The molecule has 5 aliphatic rings. The second kappa shape index (κ2) is 15.8. The van der Waals surface area contributed by atoms with Crippen LogP contribution in [0.15, 0.2) is 42.5 Å². The highest BCUT2D eigenvalue weighted by atomic mass is 33.1. The Labute approximate surface area is 330 Å². The van der Waals surface area contributed by atoms with Gasteiger partial charge in [-0.15, -0.1) is 0 Å². The predicted octanol–water partition coefficient (Wildman–Crippen LogP) is 7.92. The van der Waals surface area contributed by atoms with Gasteiger partial charge in [-0.3, -0.25) is 0 Å². The number of ether oxygens (including phenoxy) is 4.